The Morgan fingerprint density at radius 3 is 2.34 bits per heavy atom. The lowest BCUT2D eigenvalue weighted by Gasteiger charge is -2.45. The number of cyclic esters (lactones) is 1. The molecule has 3 fully saturated rings. The number of hydrogen-bond acceptors (Lipinski definition) is 16. The van der Waals surface area contributed by atoms with E-state index in [0.29, 0.717) is 17.5 Å². The maximum atomic E-state index is 14.7. The van der Waals surface area contributed by atoms with Gasteiger partial charge in [-0.2, -0.15) is 0 Å². The lowest BCUT2D eigenvalue weighted by molar-refractivity contribution is -0.283. The topological polar surface area (TPSA) is 244 Å². The molecule has 17 nitrogen and oxygen atoms in total. The quantitative estimate of drug-likeness (QED) is 0.147. The summed E-state index contributed by atoms with van der Waals surface area (Å²) in [5.74, 6) is -7.75. The minimum atomic E-state index is -3.14. The Labute approximate surface area is 344 Å². The number of hydrogen-bond donors (Lipinski definition) is 6. The Balaban J connectivity index is 1.59. The molecule has 0 aliphatic carbocycles. The molecule has 5 rings (SSSR count). The number of likely N-dealkylation sites (N-methyl/N-ethyl adjacent to an activating group) is 1. The number of Topliss-reactive ketones (excluding diaryl/α,β-unsaturated/α-hetero) is 2. The standard InChI is InChI=1S/C42H61N3O14/c1-10-30-41(7)36(44-40(53)59-41)22(4)31(48)21(3)34(55-18-29(47)32(49)26-16-25-13-11-12-14-27(25)43-17-26)23(5)35(24(6)37(51)42(54,19-46)39(52)57-30)58-38-33(50)28(45(8)9)15-20(2)56-38/h11-14,16-17,20-24,28-30,32-36,38,46-47,49-50,54H,10,15,18-19H2,1-9H3,(H,44,53)/t20-,21+,22-,23-,24-,28+,29?,30+,32?,33-,34+,35+,36?,38+,41-,42?/m1/s1. The number of aliphatic hydroxyl groups excluding tert-OH is 4. The minimum absolute atomic E-state index is 0.0129. The number of amides is 1. The molecule has 16 atom stereocenters. The van der Waals surface area contributed by atoms with Crippen molar-refractivity contribution < 1.29 is 68.4 Å². The van der Waals surface area contributed by atoms with Crippen molar-refractivity contribution in [2.45, 2.75) is 134 Å². The lowest BCUT2D eigenvalue weighted by Crippen LogP contribution is -2.62. The first kappa shape index (κ1) is 46.4. The summed E-state index contributed by atoms with van der Waals surface area (Å²) < 4.78 is 30.4. The highest BCUT2D eigenvalue weighted by Gasteiger charge is 2.59. The third-order valence-corrected chi connectivity index (χ3v) is 12.6. The van der Waals surface area contributed by atoms with Gasteiger partial charge in [-0.25, -0.2) is 9.59 Å². The first-order chi connectivity index (χ1) is 27.7. The third-order valence-electron chi connectivity index (χ3n) is 12.6. The zero-order chi connectivity index (χ0) is 43.7. The molecule has 59 heavy (non-hydrogen) atoms. The summed E-state index contributed by atoms with van der Waals surface area (Å²) in [6, 6.07) is 7.42. The van der Waals surface area contributed by atoms with E-state index in [1.54, 1.807) is 65.7 Å². The Morgan fingerprint density at radius 2 is 1.69 bits per heavy atom. The monoisotopic (exact) mass is 831 g/mol. The van der Waals surface area contributed by atoms with Gasteiger partial charge in [-0.05, 0) is 52.9 Å². The fraction of sp³-hybridized carbons (Fsp3) is 0.690. The molecular formula is C42H61N3O14. The van der Waals surface area contributed by atoms with Crippen LogP contribution in [0, 0.1) is 23.7 Å². The van der Waals surface area contributed by atoms with E-state index in [1.165, 1.54) is 20.0 Å². The summed E-state index contributed by atoms with van der Waals surface area (Å²) in [5, 5.41) is 59.8. The molecule has 0 bridgehead atoms. The van der Waals surface area contributed by atoms with E-state index in [1.807, 2.05) is 18.2 Å². The van der Waals surface area contributed by atoms with E-state index in [-0.39, 0.29) is 6.42 Å². The van der Waals surface area contributed by atoms with Crippen LogP contribution in [0.1, 0.15) is 73.0 Å². The van der Waals surface area contributed by atoms with Gasteiger partial charge in [-0.3, -0.25) is 14.6 Å². The Morgan fingerprint density at radius 1 is 1.02 bits per heavy atom. The average molecular weight is 832 g/mol. The number of fused-ring (bicyclic) bond motifs is 2. The molecule has 0 spiro atoms. The van der Waals surface area contributed by atoms with Gasteiger partial charge in [-0.1, -0.05) is 52.8 Å². The van der Waals surface area contributed by atoms with E-state index in [9.17, 15) is 44.7 Å². The number of aromatic nitrogens is 1. The van der Waals surface area contributed by atoms with Crippen LogP contribution in [-0.4, -0.2) is 153 Å². The number of carbonyl (C=O) groups excluding carboxylic acids is 4. The van der Waals surface area contributed by atoms with Crippen LogP contribution in [0.15, 0.2) is 36.5 Å². The number of ether oxygens (including phenoxy) is 5. The molecule has 1 aromatic heterocycles. The van der Waals surface area contributed by atoms with E-state index in [4.69, 9.17) is 23.7 Å². The maximum Gasteiger partial charge on any atom is 0.408 e. The van der Waals surface area contributed by atoms with E-state index in [2.05, 4.69) is 10.3 Å². The van der Waals surface area contributed by atoms with Crippen LogP contribution < -0.4 is 5.32 Å². The third kappa shape index (κ3) is 9.18. The van der Waals surface area contributed by atoms with Gasteiger partial charge in [0.1, 0.15) is 30.2 Å². The van der Waals surface area contributed by atoms with Gasteiger partial charge in [-0.15, -0.1) is 0 Å². The largest absolute Gasteiger partial charge is 0.455 e. The second kappa shape index (κ2) is 18.5. The highest BCUT2D eigenvalue weighted by Crippen LogP contribution is 2.40. The van der Waals surface area contributed by atoms with Gasteiger partial charge >= 0.3 is 12.1 Å². The lowest BCUT2D eigenvalue weighted by atomic mass is 9.73. The Hall–Kier alpha value is -3.65. The van der Waals surface area contributed by atoms with Crippen molar-refractivity contribution in [1.82, 2.24) is 15.2 Å². The summed E-state index contributed by atoms with van der Waals surface area (Å²) in [6.07, 6.45) is -8.96. The van der Waals surface area contributed by atoms with Crippen molar-refractivity contribution in [3.63, 3.8) is 0 Å². The van der Waals surface area contributed by atoms with Gasteiger partial charge in [0.15, 0.2) is 17.7 Å². The van der Waals surface area contributed by atoms with Crippen molar-refractivity contribution in [3.05, 3.63) is 42.1 Å². The van der Waals surface area contributed by atoms with Crippen LogP contribution in [0.5, 0.6) is 0 Å². The number of nitrogens with one attached hydrogen (secondary N) is 1. The van der Waals surface area contributed by atoms with Crippen molar-refractivity contribution in [2.75, 3.05) is 27.3 Å². The van der Waals surface area contributed by atoms with Gasteiger partial charge in [0.25, 0.3) is 0 Å². The number of pyridine rings is 1. The van der Waals surface area contributed by atoms with Gasteiger partial charge in [0.05, 0.1) is 43.1 Å². The molecule has 6 N–H and O–H groups in total. The number of alkyl carbamates (subject to hydrolysis) is 1. The predicted molar refractivity (Wildman–Crippen MR) is 210 cm³/mol. The summed E-state index contributed by atoms with van der Waals surface area (Å²) in [6.45, 7) is 9.09. The molecule has 1 amide bonds. The van der Waals surface area contributed by atoms with Crippen molar-refractivity contribution >= 4 is 34.5 Å². The number of para-hydroxylation sites is 1. The fourth-order valence-corrected chi connectivity index (χ4v) is 9.01. The number of carbonyl (C=O) groups is 4. The van der Waals surface area contributed by atoms with Crippen LogP contribution >= 0.6 is 0 Å². The fourth-order valence-electron chi connectivity index (χ4n) is 9.01. The molecule has 2 aromatic rings. The average Bonchev–Trinajstić information content (AvgIpc) is 3.53. The molecule has 4 heterocycles. The summed E-state index contributed by atoms with van der Waals surface area (Å²) in [4.78, 5) is 62.1. The van der Waals surface area contributed by atoms with Crippen molar-refractivity contribution in [2.24, 2.45) is 23.7 Å². The SMILES string of the molecule is CC[C@@H]1OC(=O)C(O)(CO)C(=O)[C@H](C)[C@@H](O[C@@H]2O[C@H](C)C[C@H](N(C)C)[C@H]2O)[C@H](C)[C@@H](OCC(O)C(O)c2cnc3ccccc3c2)[C@@H](C)C(=O)[C@@H](C)C2NC(=O)O[C@@]21C. The van der Waals surface area contributed by atoms with E-state index in [0.717, 1.165) is 5.39 Å². The zero-order valence-corrected chi connectivity index (χ0v) is 35.2. The second-order valence-electron chi connectivity index (χ2n) is 17.0. The molecular weight excluding hydrogens is 770 g/mol. The molecule has 4 unspecified atom stereocenters. The molecule has 0 radical (unpaired) electrons. The molecule has 328 valence electrons. The maximum absolute atomic E-state index is 14.7. The van der Waals surface area contributed by atoms with Crippen LogP contribution in [0.4, 0.5) is 4.79 Å². The molecule has 3 aliphatic rings. The molecule has 1 aromatic carbocycles. The second-order valence-corrected chi connectivity index (χ2v) is 17.0. The highest BCUT2D eigenvalue weighted by atomic mass is 16.7. The molecule has 0 saturated carbocycles. The summed E-state index contributed by atoms with van der Waals surface area (Å²) in [5.41, 5.74) is -3.82. The molecule has 17 heteroatoms. The number of rotatable bonds is 10. The first-order valence-electron chi connectivity index (χ1n) is 20.3. The van der Waals surface area contributed by atoms with Gasteiger partial charge in [0, 0.05) is 46.9 Å². The highest BCUT2D eigenvalue weighted by molar-refractivity contribution is 6.08. The van der Waals surface area contributed by atoms with E-state index < -0.39 is 133 Å². The number of ketones is 2. The Kier molecular flexibility index (Phi) is 14.6. The van der Waals surface area contributed by atoms with Crippen molar-refractivity contribution in [3.8, 4) is 0 Å². The smallest absolute Gasteiger partial charge is 0.408 e. The van der Waals surface area contributed by atoms with Crippen molar-refractivity contribution in [1.29, 1.82) is 0 Å². The van der Waals surface area contributed by atoms with Crippen LogP contribution in [0.2, 0.25) is 0 Å². The molecule has 3 aliphatic heterocycles. The number of aliphatic hydroxyl groups is 5. The van der Waals surface area contributed by atoms with E-state index >= 15 is 0 Å². The predicted octanol–water partition coefficient (Wildman–Crippen LogP) is 1.43. The van der Waals surface area contributed by atoms with Gasteiger partial charge < -0.3 is 59.4 Å². The number of nitrogens with zero attached hydrogens (tertiary/aromatic N) is 2. The zero-order valence-electron chi connectivity index (χ0n) is 35.2. The van der Waals surface area contributed by atoms with Crippen LogP contribution in [-0.2, 0) is 38.1 Å². The Bertz CT molecular complexity index is 1830. The number of esters is 1. The van der Waals surface area contributed by atoms with Gasteiger partial charge in [0.2, 0.25) is 5.60 Å². The minimum Gasteiger partial charge on any atom is -0.455 e. The summed E-state index contributed by atoms with van der Waals surface area (Å²) in [7, 11) is 3.56. The van der Waals surface area contributed by atoms with Crippen LogP contribution in [0.3, 0.4) is 0 Å². The summed E-state index contributed by atoms with van der Waals surface area (Å²) >= 11 is 0. The molecule has 3 saturated heterocycles. The number of benzene rings is 1. The van der Waals surface area contributed by atoms with Crippen LogP contribution in [0.25, 0.3) is 10.9 Å². The normalized spacial score (nSPS) is 38.6. The first-order valence-corrected chi connectivity index (χ1v) is 20.3.